The molecule has 28 heavy (non-hydrogen) atoms. The molecule has 1 aliphatic carbocycles. The summed E-state index contributed by atoms with van der Waals surface area (Å²) < 4.78 is 70.4. The number of carbonyl (C=O) groups is 1. The molecule has 0 unspecified atom stereocenters. The molecule has 6 nitrogen and oxygen atoms in total. The fourth-order valence-corrected chi connectivity index (χ4v) is 5.02. The van der Waals surface area contributed by atoms with E-state index in [1.165, 1.54) is 28.6 Å². The predicted molar refractivity (Wildman–Crippen MR) is 96.2 cm³/mol. The maximum absolute atomic E-state index is 12.9. The van der Waals surface area contributed by atoms with E-state index in [0.717, 1.165) is 0 Å². The van der Waals surface area contributed by atoms with Gasteiger partial charge in [0.15, 0.2) is 0 Å². The van der Waals surface area contributed by atoms with Crippen LogP contribution in [0.3, 0.4) is 0 Å². The van der Waals surface area contributed by atoms with E-state index in [1.807, 2.05) is 0 Å². The average molecular weight is 420 g/mol. The summed E-state index contributed by atoms with van der Waals surface area (Å²) in [6.07, 6.45) is -3.66. The van der Waals surface area contributed by atoms with E-state index < -0.39 is 33.9 Å². The monoisotopic (exact) mass is 420 g/mol. The van der Waals surface area contributed by atoms with Crippen LogP contribution in [0.1, 0.15) is 25.7 Å². The number of rotatable bonds is 4. The molecule has 1 amide bonds. The zero-order chi connectivity index (χ0) is 20.4. The molecule has 2 fully saturated rings. The predicted octanol–water partition coefficient (Wildman–Crippen LogP) is 3.01. The van der Waals surface area contributed by atoms with Crippen molar-refractivity contribution in [2.24, 2.45) is 11.8 Å². The van der Waals surface area contributed by atoms with Crippen LogP contribution in [0.15, 0.2) is 29.2 Å². The van der Waals surface area contributed by atoms with Gasteiger partial charge in [-0.1, -0.05) is 6.42 Å². The highest BCUT2D eigenvalue weighted by Crippen LogP contribution is 2.40. The Morgan fingerprint density at radius 2 is 1.75 bits per heavy atom. The van der Waals surface area contributed by atoms with Crippen molar-refractivity contribution in [2.45, 2.75) is 36.8 Å². The second kappa shape index (κ2) is 8.38. The molecule has 1 heterocycles. The Hall–Kier alpha value is -1.65. The van der Waals surface area contributed by atoms with Crippen LogP contribution < -0.4 is 5.32 Å². The van der Waals surface area contributed by atoms with E-state index in [9.17, 15) is 26.4 Å². The van der Waals surface area contributed by atoms with Gasteiger partial charge >= 0.3 is 6.18 Å². The Morgan fingerprint density at radius 1 is 1.11 bits per heavy atom. The molecule has 1 N–H and O–H groups in total. The quantitative estimate of drug-likeness (QED) is 0.813. The number of hydrogen-bond acceptors (Lipinski definition) is 4. The highest BCUT2D eigenvalue weighted by molar-refractivity contribution is 7.89. The molecule has 3 rings (SSSR count). The minimum absolute atomic E-state index is 0.0569. The molecule has 2 atom stereocenters. The van der Waals surface area contributed by atoms with E-state index >= 15 is 0 Å². The lowest BCUT2D eigenvalue weighted by molar-refractivity contribution is -0.185. The van der Waals surface area contributed by atoms with E-state index in [2.05, 4.69) is 5.32 Å². The van der Waals surface area contributed by atoms with Crippen molar-refractivity contribution in [2.75, 3.05) is 31.6 Å². The van der Waals surface area contributed by atoms with Gasteiger partial charge in [0.2, 0.25) is 15.9 Å². The first-order chi connectivity index (χ1) is 13.2. The SMILES string of the molecule is O=C(Nc1ccc(S(=O)(=O)N2CCOCC2)cc1)[C@@H]1CCC[C@@H](C(F)(F)F)C1. The smallest absolute Gasteiger partial charge is 0.379 e. The summed E-state index contributed by atoms with van der Waals surface area (Å²) in [4.78, 5) is 12.4. The summed E-state index contributed by atoms with van der Waals surface area (Å²) in [5.74, 6) is -2.60. The van der Waals surface area contributed by atoms with Crippen LogP contribution >= 0.6 is 0 Å². The second-order valence-electron chi connectivity index (χ2n) is 7.13. The number of halogens is 3. The average Bonchev–Trinajstić information content (AvgIpc) is 2.68. The van der Waals surface area contributed by atoms with Crippen molar-refractivity contribution in [1.29, 1.82) is 0 Å². The maximum Gasteiger partial charge on any atom is 0.391 e. The molecule has 0 aromatic heterocycles. The molecule has 156 valence electrons. The largest absolute Gasteiger partial charge is 0.391 e. The summed E-state index contributed by atoms with van der Waals surface area (Å²) in [5.41, 5.74) is 0.361. The van der Waals surface area contributed by atoms with Gasteiger partial charge in [-0.2, -0.15) is 17.5 Å². The van der Waals surface area contributed by atoms with Crippen molar-refractivity contribution in [3.63, 3.8) is 0 Å². The topological polar surface area (TPSA) is 75.7 Å². The molecule has 1 aromatic carbocycles. The van der Waals surface area contributed by atoms with Gasteiger partial charge in [0.05, 0.1) is 24.0 Å². The van der Waals surface area contributed by atoms with Gasteiger partial charge in [-0.3, -0.25) is 4.79 Å². The van der Waals surface area contributed by atoms with Crippen molar-refractivity contribution >= 4 is 21.6 Å². The summed E-state index contributed by atoms with van der Waals surface area (Å²) in [6, 6.07) is 5.68. The number of alkyl halides is 3. The van der Waals surface area contributed by atoms with Crippen LogP contribution in [0.25, 0.3) is 0 Å². The summed E-state index contributed by atoms with van der Waals surface area (Å²) in [5, 5.41) is 2.61. The van der Waals surface area contributed by atoms with Crippen LogP contribution in [0, 0.1) is 11.8 Å². The lowest BCUT2D eigenvalue weighted by Crippen LogP contribution is -2.40. The van der Waals surface area contributed by atoms with Gasteiger partial charge in [0.25, 0.3) is 0 Å². The Bertz CT molecular complexity index is 790. The Kier molecular flexibility index (Phi) is 6.31. The van der Waals surface area contributed by atoms with Gasteiger partial charge in [-0.25, -0.2) is 8.42 Å². The van der Waals surface area contributed by atoms with E-state index in [1.54, 1.807) is 0 Å². The Balaban J connectivity index is 1.63. The first kappa shape index (κ1) is 21.1. The number of hydrogen-bond donors (Lipinski definition) is 1. The van der Waals surface area contributed by atoms with Gasteiger partial charge in [0.1, 0.15) is 0 Å². The van der Waals surface area contributed by atoms with E-state index in [-0.39, 0.29) is 30.8 Å². The normalized spacial score (nSPS) is 24.7. The summed E-state index contributed by atoms with van der Waals surface area (Å²) in [7, 11) is -3.64. The lowest BCUT2D eigenvalue weighted by atomic mass is 9.80. The van der Waals surface area contributed by atoms with Gasteiger partial charge in [0, 0.05) is 24.7 Å². The van der Waals surface area contributed by atoms with Crippen LogP contribution in [0.5, 0.6) is 0 Å². The van der Waals surface area contributed by atoms with E-state index in [0.29, 0.717) is 31.7 Å². The number of sulfonamides is 1. The molecule has 2 aliphatic rings. The maximum atomic E-state index is 12.9. The molecule has 0 radical (unpaired) electrons. The lowest BCUT2D eigenvalue weighted by Gasteiger charge is -2.29. The van der Waals surface area contributed by atoms with Crippen molar-refractivity contribution in [3.8, 4) is 0 Å². The number of carbonyl (C=O) groups excluding carboxylic acids is 1. The number of anilines is 1. The Morgan fingerprint density at radius 3 is 2.36 bits per heavy atom. The number of nitrogens with zero attached hydrogens (tertiary/aromatic N) is 1. The Labute approximate surface area is 162 Å². The summed E-state index contributed by atoms with van der Waals surface area (Å²) >= 11 is 0. The minimum atomic E-state index is -4.28. The number of amides is 1. The molecule has 1 aliphatic heterocycles. The minimum Gasteiger partial charge on any atom is -0.379 e. The van der Waals surface area contributed by atoms with Crippen LogP contribution in [-0.2, 0) is 19.6 Å². The van der Waals surface area contributed by atoms with Crippen LogP contribution in [-0.4, -0.2) is 51.1 Å². The number of ether oxygens (including phenoxy) is 1. The zero-order valence-corrected chi connectivity index (χ0v) is 16.1. The first-order valence-electron chi connectivity index (χ1n) is 9.23. The third-order valence-electron chi connectivity index (χ3n) is 5.24. The van der Waals surface area contributed by atoms with Crippen LogP contribution in [0.4, 0.5) is 18.9 Å². The highest BCUT2D eigenvalue weighted by atomic mass is 32.2. The molecule has 1 saturated carbocycles. The molecule has 0 bridgehead atoms. The molecule has 1 saturated heterocycles. The van der Waals surface area contributed by atoms with Crippen molar-refractivity contribution in [1.82, 2.24) is 4.31 Å². The number of morpholine rings is 1. The summed E-state index contributed by atoms with van der Waals surface area (Å²) in [6.45, 7) is 1.24. The molecule has 1 aromatic rings. The van der Waals surface area contributed by atoms with Crippen molar-refractivity contribution < 1.29 is 31.1 Å². The molecule has 0 spiro atoms. The number of benzene rings is 1. The third-order valence-corrected chi connectivity index (χ3v) is 7.15. The fourth-order valence-electron chi connectivity index (χ4n) is 3.62. The molecular weight excluding hydrogens is 397 g/mol. The van der Waals surface area contributed by atoms with Crippen LogP contribution in [0.2, 0.25) is 0 Å². The zero-order valence-electron chi connectivity index (χ0n) is 15.2. The van der Waals surface area contributed by atoms with E-state index in [4.69, 9.17) is 4.74 Å². The van der Waals surface area contributed by atoms with Gasteiger partial charge < -0.3 is 10.1 Å². The molecule has 10 heteroatoms. The fraction of sp³-hybridized carbons (Fsp3) is 0.611. The number of nitrogens with one attached hydrogen (secondary N) is 1. The highest BCUT2D eigenvalue weighted by Gasteiger charge is 2.43. The van der Waals surface area contributed by atoms with Gasteiger partial charge in [-0.15, -0.1) is 0 Å². The standard InChI is InChI=1S/C18H23F3N2O4S/c19-18(20,21)14-3-1-2-13(12-14)17(24)22-15-4-6-16(7-5-15)28(25,26)23-8-10-27-11-9-23/h4-7,13-14H,1-3,8-12H2,(H,22,24)/t13-,14-/m1/s1. The molecular formula is C18H23F3N2O4S. The van der Waals surface area contributed by atoms with Crippen molar-refractivity contribution in [3.05, 3.63) is 24.3 Å². The second-order valence-corrected chi connectivity index (χ2v) is 9.07. The first-order valence-corrected chi connectivity index (χ1v) is 10.7. The van der Waals surface area contributed by atoms with Gasteiger partial charge in [-0.05, 0) is 43.5 Å². The third kappa shape index (κ3) is 4.84.